The fourth-order valence-electron chi connectivity index (χ4n) is 7.00. The van der Waals surface area contributed by atoms with Crippen molar-refractivity contribution in [3.8, 4) is 0 Å². The molecule has 1 heterocycles. The Bertz CT molecular complexity index is 1150. The van der Waals surface area contributed by atoms with Gasteiger partial charge >= 0.3 is 6.03 Å². The number of nitrogens with zero attached hydrogens (tertiary/aromatic N) is 1. The first-order valence-corrected chi connectivity index (χ1v) is 16.6. The molecule has 2 saturated carbocycles. The van der Waals surface area contributed by atoms with Gasteiger partial charge in [-0.1, -0.05) is 53.0 Å². The van der Waals surface area contributed by atoms with Crippen LogP contribution >= 0.6 is 0 Å². The first-order valence-electron chi connectivity index (χ1n) is 16.6. The van der Waals surface area contributed by atoms with Crippen LogP contribution < -0.4 is 21.3 Å². The zero-order chi connectivity index (χ0) is 33.7. The van der Waals surface area contributed by atoms with E-state index in [4.69, 9.17) is 0 Å². The standard InChI is InChI=1S/C34H55N5O6/c1-9-10-16-23(28(41)30(43)35-18-17-24(40)20(2)3)36-29(42)27-25-22(34(25,7)8)19-39(27)31(44)26(21-14-12-11-13-15-21)37-32(45)38-33(4,5)6/h9,20-23,25-27H,1,10-19H2,2-8H3,(H,35,43)(H,36,42)(H2,37,38,45). The highest BCUT2D eigenvalue weighted by Crippen LogP contribution is 2.65. The zero-order valence-corrected chi connectivity index (χ0v) is 28.3. The highest BCUT2D eigenvalue weighted by molar-refractivity contribution is 6.38. The second kappa shape index (κ2) is 14.9. The third-order valence-electron chi connectivity index (χ3n) is 9.74. The number of carbonyl (C=O) groups excluding carboxylic acids is 6. The third kappa shape index (κ3) is 9.16. The van der Waals surface area contributed by atoms with Crippen LogP contribution in [0, 0.1) is 29.1 Å². The first-order chi connectivity index (χ1) is 21.0. The number of allylic oxidation sites excluding steroid dienone is 1. The molecule has 0 aromatic rings. The van der Waals surface area contributed by atoms with E-state index in [1.54, 1.807) is 24.8 Å². The number of fused-ring (bicyclic) bond motifs is 1. The van der Waals surface area contributed by atoms with Crippen molar-refractivity contribution >= 4 is 35.3 Å². The molecular formula is C34H55N5O6. The predicted molar refractivity (Wildman–Crippen MR) is 172 cm³/mol. The molecule has 3 aliphatic rings. The van der Waals surface area contributed by atoms with Gasteiger partial charge in [0.25, 0.3) is 5.91 Å². The van der Waals surface area contributed by atoms with E-state index in [1.165, 1.54) is 0 Å². The molecule has 0 bridgehead atoms. The summed E-state index contributed by atoms with van der Waals surface area (Å²) in [4.78, 5) is 80.8. The normalized spacial score (nSPS) is 23.7. The summed E-state index contributed by atoms with van der Waals surface area (Å²) >= 11 is 0. The Labute approximate surface area is 268 Å². The van der Waals surface area contributed by atoms with Gasteiger partial charge in [-0.15, -0.1) is 6.58 Å². The minimum absolute atomic E-state index is 0.0243. The molecule has 11 heteroatoms. The van der Waals surface area contributed by atoms with Gasteiger partial charge in [0.05, 0.1) is 6.04 Å². The summed E-state index contributed by atoms with van der Waals surface area (Å²) < 4.78 is 0. The summed E-state index contributed by atoms with van der Waals surface area (Å²) in [6.07, 6.45) is 6.93. The van der Waals surface area contributed by atoms with Crippen molar-refractivity contribution in [3.05, 3.63) is 12.7 Å². The van der Waals surface area contributed by atoms with E-state index < -0.39 is 47.3 Å². The molecule has 45 heavy (non-hydrogen) atoms. The van der Waals surface area contributed by atoms with Crippen LogP contribution in [0.5, 0.6) is 0 Å². The van der Waals surface area contributed by atoms with Crippen LogP contribution in [0.2, 0.25) is 0 Å². The summed E-state index contributed by atoms with van der Waals surface area (Å²) in [5.74, 6) is -2.67. The molecule has 1 saturated heterocycles. The van der Waals surface area contributed by atoms with E-state index in [-0.39, 0.29) is 60.2 Å². The quantitative estimate of drug-likeness (QED) is 0.171. The van der Waals surface area contributed by atoms with Crippen molar-refractivity contribution in [2.45, 2.75) is 123 Å². The number of carbonyl (C=O) groups is 6. The number of urea groups is 1. The Hall–Kier alpha value is -3.24. The Morgan fingerprint density at radius 2 is 1.64 bits per heavy atom. The lowest BCUT2D eigenvalue weighted by molar-refractivity contribution is -0.145. The van der Waals surface area contributed by atoms with E-state index in [0.717, 1.165) is 32.1 Å². The molecule has 11 nitrogen and oxygen atoms in total. The van der Waals surface area contributed by atoms with Gasteiger partial charge in [0.15, 0.2) is 0 Å². The molecule has 4 N–H and O–H groups in total. The van der Waals surface area contributed by atoms with Gasteiger partial charge in [0, 0.05) is 31.0 Å². The molecule has 1 aliphatic heterocycles. The summed E-state index contributed by atoms with van der Waals surface area (Å²) in [5.41, 5.74) is -0.660. The molecule has 2 aliphatic carbocycles. The van der Waals surface area contributed by atoms with Crippen LogP contribution in [0.25, 0.3) is 0 Å². The fourth-order valence-corrected chi connectivity index (χ4v) is 7.00. The summed E-state index contributed by atoms with van der Waals surface area (Å²) in [7, 11) is 0. The maximum atomic E-state index is 14.3. The van der Waals surface area contributed by atoms with Crippen LogP contribution in [-0.4, -0.2) is 77.0 Å². The second-order valence-electron chi connectivity index (χ2n) is 15.0. The van der Waals surface area contributed by atoms with Crippen molar-refractivity contribution in [2.24, 2.45) is 29.1 Å². The Morgan fingerprint density at radius 1 is 1.00 bits per heavy atom. The van der Waals surface area contributed by atoms with Crippen LogP contribution in [0.3, 0.4) is 0 Å². The van der Waals surface area contributed by atoms with Gasteiger partial charge in [0.2, 0.25) is 17.6 Å². The number of amides is 5. The lowest BCUT2D eigenvalue weighted by Gasteiger charge is -2.37. The van der Waals surface area contributed by atoms with Gasteiger partial charge in [0.1, 0.15) is 17.9 Å². The van der Waals surface area contributed by atoms with Gasteiger partial charge in [-0.2, -0.15) is 0 Å². The molecule has 5 amide bonds. The fraction of sp³-hybridized carbons (Fsp3) is 0.765. The van der Waals surface area contributed by atoms with Crippen LogP contribution in [0.4, 0.5) is 4.79 Å². The second-order valence-corrected chi connectivity index (χ2v) is 15.0. The van der Waals surface area contributed by atoms with Gasteiger partial charge in [-0.25, -0.2) is 4.79 Å². The van der Waals surface area contributed by atoms with Crippen LogP contribution in [0.1, 0.15) is 99.8 Å². The number of Topliss-reactive ketones (excluding diaryl/α,β-unsaturated/α-hetero) is 2. The summed E-state index contributed by atoms with van der Waals surface area (Å²) in [6, 6.07) is -3.14. The number of hydrogen-bond acceptors (Lipinski definition) is 6. The minimum Gasteiger partial charge on any atom is -0.349 e. The average Bonchev–Trinajstić information content (AvgIpc) is 3.28. The van der Waals surface area contributed by atoms with E-state index in [0.29, 0.717) is 13.0 Å². The lowest BCUT2D eigenvalue weighted by atomic mass is 9.83. The van der Waals surface area contributed by atoms with Crippen molar-refractivity contribution in [1.29, 1.82) is 0 Å². The molecule has 0 spiro atoms. The Kier molecular flexibility index (Phi) is 12.0. The van der Waals surface area contributed by atoms with Crippen LogP contribution in [0.15, 0.2) is 12.7 Å². The predicted octanol–water partition coefficient (Wildman–Crippen LogP) is 3.27. The molecule has 0 radical (unpaired) electrons. The van der Waals surface area contributed by atoms with Crippen LogP contribution in [-0.2, 0) is 24.0 Å². The highest BCUT2D eigenvalue weighted by atomic mass is 16.2. The largest absolute Gasteiger partial charge is 0.349 e. The minimum atomic E-state index is -1.11. The van der Waals surface area contributed by atoms with Gasteiger partial charge < -0.3 is 26.2 Å². The van der Waals surface area contributed by atoms with E-state index in [9.17, 15) is 28.8 Å². The smallest absolute Gasteiger partial charge is 0.315 e. The Balaban J connectivity index is 1.80. The number of nitrogens with one attached hydrogen (secondary N) is 4. The third-order valence-corrected chi connectivity index (χ3v) is 9.74. The average molecular weight is 630 g/mol. The molecule has 0 aromatic heterocycles. The molecule has 252 valence electrons. The van der Waals surface area contributed by atoms with Crippen molar-refractivity contribution in [2.75, 3.05) is 13.1 Å². The van der Waals surface area contributed by atoms with Gasteiger partial charge in [-0.3, -0.25) is 24.0 Å². The highest BCUT2D eigenvalue weighted by Gasteiger charge is 2.69. The number of piperidine rings is 1. The van der Waals surface area contributed by atoms with Gasteiger partial charge in [-0.05, 0) is 69.6 Å². The molecule has 0 aromatic carbocycles. The van der Waals surface area contributed by atoms with Crippen molar-refractivity contribution < 1.29 is 28.8 Å². The molecule has 5 unspecified atom stereocenters. The molecule has 3 rings (SSSR count). The number of ketones is 2. The van der Waals surface area contributed by atoms with E-state index in [1.807, 2.05) is 20.8 Å². The number of rotatable bonds is 14. The maximum absolute atomic E-state index is 14.3. The summed E-state index contributed by atoms with van der Waals surface area (Å²) in [6.45, 7) is 17.4. The van der Waals surface area contributed by atoms with Crippen molar-refractivity contribution in [1.82, 2.24) is 26.2 Å². The summed E-state index contributed by atoms with van der Waals surface area (Å²) in [5, 5.41) is 11.2. The number of hydrogen-bond donors (Lipinski definition) is 4. The number of likely N-dealkylation sites (tertiary alicyclic amines) is 1. The SMILES string of the molecule is C=CCCC(NC(=O)C1C2C(CN1C(=O)C(NC(=O)NC(C)(C)C)C1CCCCC1)C2(C)C)C(=O)C(=O)NCCC(=O)C(C)C. The van der Waals surface area contributed by atoms with Crippen molar-refractivity contribution in [3.63, 3.8) is 0 Å². The topological polar surface area (TPSA) is 154 Å². The lowest BCUT2D eigenvalue weighted by Crippen LogP contribution is -2.61. The molecule has 3 fully saturated rings. The first kappa shape index (κ1) is 36.2. The van der Waals surface area contributed by atoms with E-state index >= 15 is 0 Å². The van der Waals surface area contributed by atoms with E-state index in [2.05, 4.69) is 41.7 Å². The zero-order valence-electron chi connectivity index (χ0n) is 28.3. The molecule has 5 atom stereocenters. The maximum Gasteiger partial charge on any atom is 0.315 e. The Morgan fingerprint density at radius 3 is 2.22 bits per heavy atom. The monoisotopic (exact) mass is 629 g/mol. The molecular weight excluding hydrogens is 574 g/mol.